The van der Waals surface area contributed by atoms with Gasteiger partial charge in [-0.3, -0.25) is 14.5 Å². The molecule has 0 radical (unpaired) electrons. The molecule has 2 aromatic rings. The van der Waals surface area contributed by atoms with Crippen LogP contribution in [0, 0.1) is 0 Å². The first-order chi connectivity index (χ1) is 11.3. The normalized spacial score (nSPS) is 20.3. The number of hydrogen-bond donors (Lipinski definition) is 2. The summed E-state index contributed by atoms with van der Waals surface area (Å²) in [5, 5.41) is 4.50. The smallest absolute Gasteiger partial charge is 0.325 e. The number of fused-ring (bicyclic) bond motifs is 1. The molecule has 3 rings (SSSR count). The topological polar surface area (TPSA) is 102 Å². The van der Waals surface area contributed by atoms with Crippen molar-refractivity contribution in [2.24, 2.45) is 5.73 Å². The summed E-state index contributed by atoms with van der Waals surface area (Å²) in [6.45, 7) is 1.17. The van der Waals surface area contributed by atoms with Gasteiger partial charge in [-0.25, -0.2) is 4.79 Å². The van der Waals surface area contributed by atoms with E-state index in [1.54, 1.807) is 20.1 Å². The van der Waals surface area contributed by atoms with Gasteiger partial charge in [0.1, 0.15) is 17.8 Å². The molecule has 1 heterocycles. The van der Waals surface area contributed by atoms with Crippen LogP contribution >= 0.6 is 0 Å². The number of hydrogen-bond acceptors (Lipinski definition) is 4. The number of ether oxygens (including phenoxy) is 1. The van der Waals surface area contributed by atoms with Gasteiger partial charge in [-0.05, 0) is 41.5 Å². The monoisotopic (exact) mass is 327 g/mol. The lowest BCUT2D eigenvalue weighted by molar-refractivity contribution is -0.134. The van der Waals surface area contributed by atoms with Crippen LogP contribution in [0.5, 0.6) is 5.75 Å². The molecule has 2 aromatic carbocycles. The highest BCUT2D eigenvalue weighted by atomic mass is 16.5. The Morgan fingerprint density at radius 1 is 1.21 bits per heavy atom. The van der Waals surface area contributed by atoms with E-state index in [-0.39, 0.29) is 0 Å². The minimum absolute atomic E-state index is 0.439. The van der Waals surface area contributed by atoms with Gasteiger partial charge in [0, 0.05) is 0 Å². The Kier molecular flexibility index (Phi) is 3.63. The first-order valence-corrected chi connectivity index (χ1v) is 7.36. The van der Waals surface area contributed by atoms with Crippen LogP contribution in [0.1, 0.15) is 12.5 Å². The Labute approximate surface area is 138 Å². The van der Waals surface area contributed by atoms with Crippen molar-refractivity contribution in [2.45, 2.75) is 12.5 Å². The first-order valence-electron chi connectivity index (χ1n) is 7.36. The molecule has 7 nitrogen and oxygen atoms in total. The van der Waals surface area contributed by atoms with Crippen LogP contribution < -0.4 is 15.8 Å². The molecule has 3 N–H and O–H groups in total. The van der Waals surface area contributed by atoms with E-state index >= 15 is 0 Å². The lowest BCUT2D eigenvalue weighted by Crippen LogP contribution is -2.42. The number of benzene rings is 2. The van der Waals surface area contributed by atoms with E-state index in [4.69, 9.17) is 10.5 Å². The number of urea groups is 1. The van der Waals surface area contributed by atoms with Crippen LogP contribution in [0.25, 0.3) is 10.8 Å². The van der Waals surface area contributed by atoms with E-state index in [1.165, 1.54) is 0 Å². The fourth-order valence-electron chi connectivity index (χ4n) is 2.85. The van der Waals surface area contributed by atoms with Crippen molar-refractivity contribution < 1.29 is 19.1 Å². The maximum atomic E-state index is 12.6. The van der Waals surface area contributed by atoms with E-state index in [2.05, 4.69) is 5.32 Å². The zero-order chi connectivity index (χ0) is 17.5. The largest absolute Gasteiger partial charge is 0.497 e. The van der Waals surface area contributed by atoms with E-state index in [0.717, 1.165) is 21.4 Å². The molecule has 0 aliphatic carbocycles. The van der Waals surface area contributed by atoms with Crippen molar-refractivity contribution in [3.8, 4) is 5.75 Å². The van der Waals surface area contributed by atoms with Gasteiger partial charge in [0.15, 0.2) is 0 Å². The molecule has 0 bridgehead atoms. The Morgan fingerprint density at radius 2 is 1.88 bits per heavy atom. The highest BCUT2D eigenvalue weighted by molar-refractivity contribution is 6.09. The number of amides is 4. The van der Waals surface area contributed by atoms with Crippen molar-refractivity contribution >= 4 is 28.6 Å². The van der Waals surface area contributed by atoms with Gasteiger partial charge in [0.25, 0.3) is 5.91 Å². The molecule has 1 saturated heterocycles. The van der Waals surface area contributed by atoms with Crippen LogP contribution in [0.4, 0.5) is 4.79 Å². The van der Waals surface area contributed by atoms with Crippen molar-refractivity contribution in [1.82, 2.24) is 10.2 Å². The van der Waals surface area contributed by atoms with Gasteiger partial charge in [-0.1, -0.05) is 18.2 Å². The fourth-order valence-corrected chi connectivity index (χ4v) is 2.85. The number of nitrogens with two attached hydrogens (primary N) is 1. The van der Waals surface area contributed by atoms with Crippen molar-refractivity contribution in [3.63, 3.8) is 0 Å². The van der Waals surface area contributed by atoms with Crippen molar-refractivity contribution in [2.75, 3.05) is 13.7 Å². The SMILES string of the molecule is COc1ccc2cc(C3(C)NC(=O)N(CC(N)=O)C3=O)ccc2c1. The molecule has 1 aliphatic rings. The summed E-state index contributed by atoms with van der Waals surface area (Å²) in [7, 11) is 1.59. The Hall–Kier alpha value is -3.09. The molecule has 24 heavy (non-hydrogen) atoms. The van der Waals surface area contributed by atoms with E-state index in [0.29, 0.717) is 5.56 Å². The summed E-state index contributed by atoms with van der Waals surface area (Å²) in [5.74, 6) is -0.508. The van der Waals surface area contributed by atoms with Gasteiger partial charge in [-0.2, -0.15) is 0 Å². The summed E-state index contributed by atoms with van der Waals surface area (Å²) < 4.78 is 5.19. The zero-order valence-corrected chi connectivity index (χ0v) is 13.3. The van der Waals surface area contributed by atoms with Gasteiger partial charge < -0.3 is 15.8 Å². The van der Waals surface area contributed by atoms with Gasteiger partial charge >= 0.3 is 6.03 Å². The van der Waals surface area contributed by atoms with Gasteiger partial charge in [-0.15, -0.1) is 0 Å². The Balaban J connectivity index is 2.01. The third-order valence-electron chi connectivity index (χ3n) is 4.21. The molecule has 1 atom stereocenters. The maximum Gasteiger partial charge on any atom is 0.325 e. The standard InChI is InChI=1S/C17H17N3O4/c1-17(15(22)20(9-14(18)21)16(23)19-17)12-5-3-11-8-13(24-2)6-4-10(11)7-12/h3-8H,9H2,1-2H3,(H2,18,21)(H,19,23). The number of carbonyl (C=O) groups is 3. The van der Waals surface area contributed by atoms with Gasteiger partial charge in [0.2, 0.25) is 5.91 Å². The van der Waals surface area contributed by atoms with Crippen LogP contribution in [0.2, 0.25) is 0 Å². The molecular weight excluding hydrogens is 310 g/mol. The summed E-state index contributed by atoms with van der Waals surface area (Å²) in [4.78, 5) is 36.6. The lowest BCUT2D eigenvalue weighted by Gasteiger charge is -2.22. The number of nitrogens with one attached hydrogen (secondary N) is 1. The molecule has 1 aliphatic heterocycles. The molecule has 1 unspecified atom stereocenters. The molecule has 7 heteroatoms. The van der Waals surface area contributed by atoms with Crippen LogP contribution in [0.15, 0.2) is 36.4 Å². The van der Waals surface area contributed by atoms with Gasteiger partial charge in [0.05, 0.1) is 7.11 Å². The minimum atomic E-state index is -1.24. The van der Waals surface area contributed by atoms with Crippen LogP contribution in [0.3, 0.4) is 0 Å². The number of primary amides is 1. The quantitative estimate of drug-likeness (QED) is 0.821. The van der Waals surface area contributed by atoms with Crippen LogP contribution in [-0.2, 0) is 15.1 Å². The summed E-state index contributed by atoms with van der Waals surface area (Å²) in [5.41, 5.74) is 4.50. The number of imide groups is 1. The zero-order valence-electron chi connectivity index (χ0n) is 13.3. The van der Waals surface area contributed by atoms with E-state index in [1.807, 2.05) is 30.3 Å². The summed E-state index contributed by atoms with van der Waals surface area (Å²) >= 11 is 0. The Bertz CT molecular complexity index is 864. The second kappa shape index (κ2) is 5.52. The van der Waals surface area contributed by atoms with Crippen molar-refractivity contribution in [3.05, 3.63) is 42.0 Å². The molecule has 0 aromatic heterocycles. The molecule has 124 valence electrons. The fraction of sp³-hybridized carbons (Fsp3) is 0.235. The molecule has 0 saturated carbocycles. The molecule has 1 fully saturated rings. The molecular formula is C17H17N3O4. The van der Waals surface area contributed by atoms with Crippen LogP contribution in [-0.4, -0.2) is 36.4 Å². The Morgan fingerprint density at radius 3 is 2.54 bits per heavy atom. The average Bonchev–Trinajstić information content (AvgIpc) is 2.77. The summed E-state index contributed by atoms with van der Waals surface area (Å²) in [6.07, 6.45) is 0. The number of methoxy groups -OCH3 is 1. The van der Waals surface area contributed by atoms with E-state index < -0.39 is 29.9 Å². The lowest BCUT2D eigenvalue weighted by atomic mass is 9.90. The maximum absolute atomic E-state index is 12.6. The highest BCUT2D eigenvalue weighted by Gasteiger charge is 2.49. The number of carbonyl (C=O) groups excluding carboxylic acids is 3. The second-order valence-corrected chi connectivity index (χ2v) is 5.84. The highest BCUT2D eigenvalue weighted by Crippen LogP contribution is 2.31. The summed E-state index contributed by atoms with van der Waals surface area (Å²) in [6, 6.07) is 10.4. The first kappa shape index (κ1) is 15.8. The van der Waals surface area contributed by atoms with Crippen molar-refractivity contribution in [1.29, 1.82) is 0 Å². The predicted octanol–water partition coefficient (Wildman–Crippen LogP) is 1.10. The average molecular weight is 327 g/mol. The predicted molar refractivity (Wildman–Crippen MR) is 87.3 cm³/mol. The molecule has 0 spiro atoms. The number of rotatable bonds is 4. The molecule has 4 amide bonds. The third kappa shape index (κ3) is 2.44. The second-order valence-electron chi connectivity index (χ2n) is 5.84. The number of nitrogens with zero attached hydrogens (tertiary/aromatic N) is 1. The third-order valence-corrected chi connectivity index (χ3v) is 4.21. The minimum Gasteiger partial charge on any atom is -0.497 e. The van der Waals surface area contributed by atoms with E-state index in [9.17, 15) is 14.4 Å².